The number of carbonyl (C=O) groups is 1. The first kappa shape index (κ1) is 13.4. The third-order valence-corrected chi connectivity index (χ3v) is 3.57. The topological polar surface area (TPSA) is 129 Å². The maximum Gasteiger partial charge on any atom is 0.359 e. The number of carboxylic acid groups (broad SMARTS) is 1. The predicted molar refractivity (Wildman–Crippen MR) is 67.5 cm³/mol. The quantitative estimate of drug-likeness (QED) is 0.721. The van der Waals surface area contributed by atoms with Gasteiger partial charge in [0, 0.05) is 18.0 Å². The Labute approximate surface area is 111 Å². The summed E-state index contributed by atoms with van der Waals surface area (Å²) in [5.74, 6) is -1.31. The minimum atomic E-state index is -4.50. The first-order chi connectivity index (χ1) is 8.87. The lowest BCUT2D eigenvalue weighted by Crippen LogP contribution is -2.10. The molecule has 2 aromatic rings. The van der Waals surface area contributed by atoms with Crippen molar-refractivity contribution >= 4 is 32.7 Å². The van der Waals surface area contributed by atoms with Crippen LogP contribution in [0.1, 0.15) is 10.5 Å². The van der Waals surface area contributed by atoms with Crippen LogP contribution in [0.5, 0.6) is 0 Å². The van der Waals surface area contributed by atoms with Crippen molar-refractivity contribution in [1.29, 1.82) is 0 Å². The molecule has 0 saturated heterocycles. The molecular formula is C9H7N3O5S2. The van der Waals surface area contributed by atoms with E-state index in [-0.39, 0.29) is 15.7 Å². The van der Waals surface area contributed by atoms with Crippen molar-refractivity contribution in [2.75, 3.05) is 4.72 Å². The van der Waals surface area contributed by atoms with Gasteiger partial charge in [0.2, 0.25) is 0 Å². The molecule has 0 atom stereocenters. The van der Waals surface area contributed by atoms with Gasteiger partial charge in [-0.2, -0.15) is 8.42 Å². The summed E-state index contributed by atoms with van der Waals surface area (Å²) in [5.41, 5.74) is 0.171. The van der Waals surface area contributed by atoms with Crippen molar-refractivity contribution in [3.05, 3.63) is 30.2 Å². The molecule has 0 unspecified atom stereocenters. The van der Waals surface area contributed by atoms with E-state index in [4.69, 9.17) is 9.66 Å². The molecule has 2 aromatic heterocycles. The fourth-order valence-electron chi connectivity index (χ4n) is 1.31. The van der Waals surface area contributed by atoms with Gasteiger partial charge in [-0.1, -0.05) is 17.4 Å². The molecule has 2 heterocycles. The Kier molecular flexibility index (Phi) is 3.46. The second-order valence-electron chi connectivity index (χ2n) is 3.32. The Balaban J connectivity index is 2.51. The van der Waals surface area contributed by atoms with Gasteiger partial charge >= 0.3 is 16.3 Å². The Morgan fingerprint density at radius 2 is 2.16 bits per heavy atom. The van der Waals surface area contributed by atoms with E-state index in [0.29, 0.717) is 5.56 Å². The average Bonchev–Trinajstić information content (AvgIpc) is 2.72. The van der Waals surface area contributed by atoms with Gasteiger partial charge in [0.25, 0.3) is 0 Å². The van der Waals surface area contributed by atoms with Gasteiger partial charge in [-0.3, -0.25) is 9.54 Å². The van der Waals surface area contributed by atoms with Crippen LogP contribution in [-0.2, 0) is 10.3 Å². The number of thiazole rings is 1. The van der Waals surface area contributed by atoms with E-state index >= 15 is 0 Å². The number of nitrogens with one attached hydrogen (secondary N) is 1. The molecule has 0 aromatic carbocycles. The van der Waals surface area contributed by atoms with Gasteiger partial charge in [-0.25, -0.2) is 14.5 Å². The van der Waals surface area contributed by atoms with Crippen LogP contribution in [-0.4, -0.2) is 34.0 Å². The van der Waals surface area contributed by atoms with Gasteiger partial charge in [0.1, 0.15) is 0 Å². The van der Waals surface area contributed by atoms with Crippen molar-refractivity contribution in [2.45, 2.75) is 0 Å². The van der Waals surface area contributed by atoms with Crippen LogP contribution in [0.4, 0.5) is 5.13 Å². The molecule has 0 aliphatic carbocycles. The molecule has 100 valence electrons. The molecule has 10 heteroatoms. The summed E-state index contributed by atoms with van der Waals surface area (Å²) >= 11 is 0.786. The fraction of sp³-hybridized carbons (Fsp3) is 0. The summed E-state index contributed by atoms with van der Waals surface area (Å²) < 4.78 is 31.7. The molecule has 8 nitrogen and oxygen atoms in total. The number of aromatic carboxylic acids is 1. The lowest BCUT2D eigenvalue weighted by atomic mass is 10.2. The zero-order chi connectivity index (χ0) is 14.0. The maximum absolute atomic E-state index is 11.1. The lowest BCUT2D eigenvalue weighted by Gasteiger charge is -1.96. The lowest BCUT2D eigenvalue weighted by molar-refractivity contribution is 0.0692. The van der Waals surface area contributed by atoms with E-state index in [1.165, 1.54) is 12.4 Å². The van der Waals surface area contributed by atoms with Crippen molar-refractivity contribution in [1.82, 2.24) is 9.97 Å². The number of hydrogen-bond acceptors (Lipinski definition) is 6. The van der Waals surface area contributed by atoms with Crippen LogP contribution in [0, 0.1) is 0 Å². The van der Waals surface area contributed by atoms with E-state index in [1.807, 2.05) is 0 Å². The minimum absolute atomic E-state index is 0.237. The fourth-order valence-corrected chi connectivity index (χ4v) is 2.86. The molecule has 0 spiro atoms. The smallest absolute Gasteiger partial charge is 0.359 e. The number of pyridine rings is 1. The molecular weight excluding hydrogens is 294 g/mol. The Morgan fingerprint density at radius 3 is 2.68 bits per heavy atom. The zero-order valence-electron chi connectivity index (χ0n) is 9.14. The summed E-state index contributed by atoms with van der Waals surface area (Å²) in [6.45, 7) is 0. The summed E-state index contributed by atoms with van der Waals surface area (Å²) in [6.07, 6.45) is 2.94. The van der Waals surface area contributed by atoms with Crippen molar-refractivity contribution < 1.29 is 22.9 Å². The summed E-state index contributed by atoms with van der Waals surface area (Å²) in [5, 5.41) is 8.79. The highest BCUT2D eigenvalue weighted by Crippen LogP contribution is 2.32. The monoisotopic (exact) mass is 301 g/mol. The molecule has 0 saturated carbocycles. The molecule has 0 radical (unpaired) electrons. The first-order valence-corrected chi connectivity index (χ1v) is 7.02. The highest BCUT2D eigenvalue weighted by Gasteiger charge is 2.20. The Bertz CT molecular complexity index is 711. The highest BCUT2D eigenvalue weighted by molar-refractivity contribution is 7.87. The van der Waals surface area contributed by atoms with Gasteiger partial charge in [0.05, 0.1) is 4.88 Å². The Hall–Kier alpha value is -2.04. The van der Waals surface area contributed by atoms with Crippen LogP contribution >= 0.6 is 11.3 Å². The van der Waals surface area contributed by atoms with Crippen LogP contribution in [0.3, 0.4) is 0 Å². The largest absolute Gasteiger partial charge is 0.476 e. The maximum atomic E-state index is 11.1. The molecule has 0 fully saturated rings. The number of aromatic nitrogens is 2. The molecule has 0 aliphatic heterocycles. The van der Waals surface area contributed by atoms with Crippen molar-refractivity contribution in [3.63, 3.8) is 0 Å². The van der Waals surface area contributed by atoms with Crippen molar-refractivity contribution in [2.24, 2.45) is 0 Å². The van der Waals surface area contributed by atoms with E-state index in [1.54, 1.807) is 16.9 Å². The standard InChI is InChI=1S/C9H7N3O5S2/c13-8(14)6-7(5-2-1-3-10-4-5)18-9(11-6)12-19(15,16)17/h1-4H,(H,11,12)(H,13,14)(H,15,16,17). The SMILES string of the molecule is O=C(O)c1nc(NS(=O)(=O)O)sc1-c1cccnc1. The summed E-state index contributed by atoms with van der Waals surface area (Å²) in [7, 11) is -4.50. The number of carboxylic acids is 1. The molecule has 3 N–H and O–H groups in total. The van der Waals surface area contributed by atoms with Crippen LogP contribution in [0.25, 0.3) is 10.4 Å². The number of anilines is 1. The van der Waals surface area contributed by atoms with E-state index in [2.05, 4.69) is 9.97 Å². The van der Waals surface area contributed by atoms with Gasteiger partial charge < -0.3 is 5.11 Å². The highest BCUT2D eigenvalue weighted by atomic mass is 32.2. The Morgan fingerprint density at radius 1 is 1.42 bits per heavy atom. The minimum Gasteiger partial charge on any atom is -0.476 e. The van der Waals surface area contributed by atoms with Gasteiger partial charge in [-0.05, 0) is 6.07 Å². The van der Waals surface area contributed by atoms with E-state index in [9.17, 15) is 13.2 Å². The number of hydrogen-bond donors (Lipinski definition) is 3. The molecule has 2 rings (SSSR count). The third kappa shape index (κ3) is 3.24. The zero-order valence-corrected chi connectivity index (χ0v) is 10.8. The molecule has 19 heavy (non-hydrogen) atoms. The number of rotatable bonds is 4. The van der Waals surface area contributed by atoms with E-state index in [0.717, 1.165) is 11.3 Å². The van der Waals surface area contributed by atoms with Crippen LogP contribution < -0.4 is 4.72 Å². The average molecular weight is 301 g/mol. The molecule has 0 amide bonds. The van der Waals surface area contributed by atoms with Gasteiger partial charge in [-0.15, -0.1) is 0 Å². The normalized spacial score (nSPS) is 11.2. The van der Waals surface area contributed by atoms with E-state index < -0.39 is 16.3 Å². The van der Waals surface area contributed by atoms with Crippen LogP contribution in [0.15, 0.2) is 24.5 Å². The molecule has 0 bridgehead atoms. The summed E-state index contributed by atoms with van der Waals surface area (Å²) in [6, 6.07) is 3.22. The second-order valence-corrected chi connectivity index (χ2v) is 5.47. The van der Waals surface area contributed by atoms with Crippen molar-refractivity contribution in [3.8, 4) is 10.4 Å². The van der Waals surface area contributed by atoms with Crippen LogP contribution in [0.2, 0.25) is 0 Å². The second kappa shape index (κ2) is 4.91. The summed E-state index contributed by atoms with van der Waals surface area (Å²) in [4.78, 5) is 18.8. The number of nitrogens with zero attached hydrogens (tertiary/aromatic N) is 2. The first-order valence-electron chi connectivity index (χ1n) is 4.76. The van der Waals surface area contributed by atoms with Gasteiger partial charge in [0.15, 0.2) is 10.8 Å². The third-order valence-electron chi connectivity index (χ3n) is 1.97. The molecule has 0 aliphatic rings. The predicted octanol–water partition coefficient (Wildman–Crippen LogP) is 1.12.